The average Bonchev–Trinajstić information content (AvgIpc) is 3.19. The van der Waals surface area contributed by atoms with E-state index in [4.69, 9.17) is 4.74 Å². The molecular weight excluding hydrogens is 695 g/mol. The molecule has 0 aromatic carbocycles. The minimum Gasteiger partial charge on any atom is -0.462 e. The van der Waals surface area contributed by atoms with Crippen molar-refractivity contribution in [3.8, 4) is 0 Å². The van der Waals surface area contributed by atoms with Crippen molar-refractivity contribution in [2.45, 2.75) is 187 Å². The minimum atomic E-state index is -0.811. The van der Waals surface area contributed by atoms with Gasteiger partial charge in [0.15, 0.2) is 0 Å². The molecule has 3 unspecified atom stereocenters. The number of ether oxygens (including phenoxy) is 1. The largest absolute Gasteiger partial charge is 0.462 e. The fraction of sp³-hybridized carbons (Fsp3) is 0.600. The zero-order chi connectivity index (χ0) is 41.0. The normalized spacial score (nSPS) is 14.4. The third-order valence-electron chi connectivity index (χ3n) is 9.32. The van der Waals surface area contributed by atoms with Crippen molar-refractivity contribution < 1.29 is 24.5 Å². The summed E-state index contributed by atoms with van der Waals surface area (Å²) in [6.45, 7) is 6.12. The van der Waals surface area contributed by atoms with Gasteiger partial charge in [-0.05, 0) is 64.2 Å². The molecule has 0 fully saturated rings. The smallest absolute Gasteiger partial charge is 0.306 e. The lowest BCUT2D eigenvalue weighted by molar-refractivity contribution is -0.151. The first-order valence-corrected chi connectivity index (χ1v) is 22.2. The van der Waals surface area contributed by atoms with Gasteiger partial charge in [-0.1, -0.05) is 201 Å². The van der Waals surface area contributed by atoms with Crippen molar-refractivity contribution in [1.82, 2.24) is 5.32 Å². The number of rotatable bonds is 37. The lowest BCUT2D eigenvalue weighted by atomic mass is 10.0. The molecular formula is C50H81NO5. The van der Waals surface area contributed by atoms with E-state index in [-0.39, 0.29) is 24.9 Å². The van der Waals surface area contributed by atoms with Gasteiger partial charge in [0.05, 0.1) is 25.2 Å². The summed E-state index contributed by atoms with van der Waals surface area (Å²) >= 11 is 0. The number of carbonyl (C=O) groups is 2. The van der Waals surface area contributed by atoms with Crippen LogP contribution < -0.4 is 5.32 Å². The molecule has 0 aliphatic carbocycles. The third-order valence-corrected chi connectivity index (χ3v) is 9.32. The number of hydrogen-bond acceptors (Lipinski definition) is 5. The van der Waals surface area contributed by atoms with Crippen molar-refractivity contribution in [2.75, 3.05) is 6.61 Å². The van der Waals surface area contributed by atoms with E-state index in [1.807, 2.05) is 79.0 Å². The summed E-state index contributed by atoms with van der Waals surface area (Å²) in [4.78, 5) is 26.0. The topological polar surface area (TPSA) is 95.9 Å². The molecule has 1 amide bonds. The number of aliphatic hydroxyl groups is 2. The summed E-state index contributed by atoms with van der Waals surface area (Å²) in [7, 11) is 0. The fourth-order valence-corrected chi connectivity index (χ4v) is 5.99. The van der Waals surface area contributed by atoms with Gasteiger partial charge in [-0.25, -0.2) is 0 Å². The second kappa shape index (κ2) is 42.7. The number of carbonyl (C=O) groups excluding carboxylic acids is 2. The maximum atomic E-state index is 13.1. The molecule has 6 nitrogen and oxygen atoms in total. The Morgan fingerprint density at radius 1 is 0.536 bits per heavy atom. The second-order valence-corrected chi connectivity index (χ2v) is 14.5. The van der Waals surface area contributed by atoms with Crippen LogP contribution in [0.3, 0.4) is 0 Å². The first-order valence-electron chi connectivity index (χ1n) is 22.2. The molecule has 0 radical (unpaired) electrons. The van der Waals surface area contributed by atoms with E-state index < -0.39 is 18.2 Å². The second-order valence-electron chi connectivity index (χ2n) is 14.5. The van der Waals surface area contributed by atoms with E-state index in [1.54, 1.807) is 0 Å². The van der Waals surface area contributed by atoms with Crippen LogP contribution in [0, 0.1) is 0 Å². The highest BCUT2D eigenvalue weighted by Crippen LogP contribution is 2.16. The van der Waals surface area contributed by atoms with Gasteiger partial charge in [-0.3, -0.25) is 9.59 Å². The Balaban J connectivity index is 4.81. The quantitative estimate of drug-likeness (QED) is 0.0332. The van der Waals surface area contributed by atoms with Crippen molar-refractivity contribution >= 4 is 11.9 Å². The maximum absolute atomic E-state index is 13.1. The van der Waals surface area contributed by atoms with Crippen molar-refractivity contribution in [3.05, 3.63) is 109 Å². The van der Waals surface area contributed by atoms with E-state index in [1.165, 1.54) is 38.5 Å². The molecule has 0 aliphatic heterocycles. The zero-order valence-electron chi connectivity index (χ0n) is 35.7. The van der Waals surface area contributed by atoms with Gasteiger partial charge in [-0.15, -0.1) is 0 Å². The Bertz CT molecular complexity index is 1190. The molecule has 0 rings (SSSR count). The molecule has 6 heteroatoms. The van der Waals surface area contributed by atoms with E-state index in [0.717, 1.165) is 83.5 Å². The number of amides is 1. The highest BCUT2D eigenvalue weighted by atomic mass is 16.5. The third kappa shape index (κ3) is 37.4. The SMILES string of the molecule is CC/C=C/C=C/C=C\C=C/C=C/CCCCCC(=O)OC(CCCCC\C=C/C=C/C=C/C=C/CC)CC(=O)NC(CO)C(O)CCCCCCCCCCC. The summed E-state index contributed by atoms with van der Waals surface area (Å²) < 4.78 is 5.86. The van der Waals surface area contributed by atoms with Gasteiger partial charge in [0.1, 0.15) is 6.10 Å². The lowest BCUT2D eigenvalue weighted by Crippen LogP contribution is -2.46. The van der Waals surface area contributed by atoms with E-state index in [9.17, 15) is 19.8 Å². The molecule has 0 saturated carbocycles. The summed E-state index contributed by atoms with van der Waals surface area (Å²) in [5, 5.41) is 23.5. The van der Waals surface area contributed by atoms with Crippen LogP contribution >= 0.6 is 0 Å². The highest BCUT2D eigenvalue weighted by molar-refractivity contribution is 5.77. The molecule has 0 aromatic rings. The molecule has 0 bridgehead atoms. The van der Waals surface area contributed by atoms with E-state index in [0.29, 0.717) is 19.3 Å². The van der Waals surface area contributed by atoms with Crippen LogP contribution in [0.15, 0.2) is 109 Å². The first-order chi connectivity index (χ1) is 27.5. The summed E-state index contributed by atoms with van der Waals surface area (Å²) in [6, 6.07) is -0.729. The number of esters is 1. The van der Waals surface area contributed by atoms with Crippen LogP contribution in [-0.2, 0) is 14.3 Å². The molecule has 0 aliphatic rings. The van der Waals surface area contributed by atoms with Gasteiger partial charge < -0.3 is 20.3 Å². The van der Waals surface area contributed by atoms with Crippen LogP contribution in [0.1, 0.15) is 168 Å². The van der Waals surface area contributed by atoms with Crippen LogP contribution in [0.2, 0.25) is 0 Å². The Morgan fingerprint density at radius 2 is 0.964 bits per heavy atom. The van der Waals surface area contributed by atoms with Crippen LogP contribution in [-0.4, -0.2) is 46.9 Å². The van der Waals surface area contributed by atoms with Gasteiger partial charge in [0.25, 0.3) is 0 Å². The summed E-state index contributed by atoms with van der Waals surface area (Å²) in [6.07, 6.45) is 57.2. The van der Waals surface area contributed by atoms with Crippen LogP contribution in [0.25, 0.3) is 0 Å². The van der Waals surface area contributed by atoms with Gasteiger partial charge in [0, 0.05) is 6.42 Å². The van der Waals surface area contributed by atoms with Gasteiger partial charge in [0.2, 0.25) is 5.91 Å². The molecule has 0 aromatic heterocycles. The van der Waals surface area contributed by atoms with Crippen LogP contribution in [0.4, 0.5) is 0 Å². The molecule has 3 N–H and O–H groups in total. The summed E-state index contributed by atoms with van der Waals surface area (Å²) in [5.74, 6) is -0.579. The Hall–Kier alpha value is -3.48. The fourth-order valence-electron chi connectivity index (χ4n) is 5.99. The molecule has 316 valence electrons. The van der Waals surface area contributed by atoms with Crippen molar-refractivity contribution in [3.63, 3.8) is 0 Å². The zero-order valence-corrected chi connectivity index (χ0v) is 35.7. The highest BCUT2D eigenvalue weighted by Gasteiger charge is 2.24. The Morgan fingerprint density at radius 3 is 1.46 bits per heavy atom. The van der Waals surface area contributed by atoms with E-state index >= 15 is 0 Å². The molecule has 3 atom stereocenters. The number of aliphatic hydroxyl groups excluding tert-OH is 2. The minimum absolute atomic E-state index is 0.0261. The monoisotopic (exact) mass is 776 g/mol. The van der Waals surface area contributed by atoms with Gasteiger partial charge in [-0.2, -0.15) is 0 Å². The Labute approximate surface area is 343 Å². The number of hydrogen-bond donors (Lipinski definition) is 3. The number of allylic oxidation sites excluding steroid dienone is 18. The first kappa shape index (κ1) is 52.5. The maximum Gasteiger partial charge on any atom is 0.306 e. The van der Waals surface area contributed by atoms with Crippen molar-refractivity contribution in [1.29, 1.82) is 0 Å². The predicted octanol–water partition coefficient (Wildman–Crippen LogP) is 12.8. The predicted molar refractivity (Wildman–Crippen MR) is 240 cm³/mol. The molecule has 0 heterocycles. The van der Waals surface area contributed by atoms with Crippen molar-refractivity contribution in [2.24, 2.45) is 0 Å². The molecule has 56 heavy (non-hydrogen) atoms. The molecule has 0 spiro atoms. The molecule has 0 saturated heterocycles. The van der Waals surface area contributed by atoms with Gasteiger partial charge >= 0.3 is 5.97 Å². The van der Waals surface area contributed by atoms with E-state index in [2.05, 4.69) is 56.5 Å². The number of unbranched alkanes of at least 4 members (excludes halogenated alkanes) is 14. The summed E-state index contributed by atoms with van der Waals surface area (Å²) in [5.41, 5.74) is 0. The van der Waals surface area contributed by atoms with Crippen LogP contribution in [0.5, 0.6) is 0 Å². The Kier molecular flexibility index (Phi) is 40.0. The lowest BCUT2D eigenvalue weighted by Gasteiger charge is -2.24. The number of nitrogens with one attached hydrogen (secondary N) is 1. The average molecular weight is 776 g/mol. The standard InChI is InChI=1S/C50H81NO5/c1-4-7-10-13-16-19-21-23-24-26-28-31-34-37-40-43-50(55)56-46(41-38-35-32-30-27-25-22-20-17-14-11-8-5-2)44-49(54)51-47(45-52)48(53)42-39-36-33-29-18-15-12-9-6-3/h7-8,10-11,13-14,16-17,19-28,46-48,52-53H,4-6,9,12,15,18,29-45H2,1-3H3,(H,51,54)/b10-7+,11-8+,16-13+,17-14+,21-19-,22-20+,24-23-,27-25-,28-26+.